The standard InChI is InChI=1S/C13H9BrN2O2/c14-12-3-1-2-10(16-12)13(18)9-5-4-8(7-15)6-11(9)17/h1-6,13,17-18H. The van der Waals surface area contributed by atoms with E-state index in [9.17, 15) is 10.2 Å². The van der Waals surface area contributed by atoms with Gasteiger partial charge in [0.1, 0.15) is 16.5 Å². The van der Waals surface area contributed by atoms with Crippen molar-refractivity contribution in [2.45, 2.75) is 6.10 Å². The van der Waals surface area contributed by atoms with Gasteiger partial charge in [-0.3, -0.25) is 0 Å². The molecule has 0 aliphatic heterocycles. The molecule has 4 nitrogen and oxygen atoms in total. The summed E-state index contributed by atoms with van der Waals surface area (Å²) in [6.45, 7) is 0. The Bertz CT molecular complexity index is 623. The molecule has 1 heterocycles. The highest BCUT2D eigenvalue weighted by atomic mass is 79.9. The molecule has 1 aromatic carbocycles. The van der Waals surface area contributed by atoms with Crippen molar-refractivity contribution in [3.8, 4) is 11.8 Å². The summed E-state index contributed by atoms with van der Waals surface area (Å²) >= 11 is 3.22. The molecule has 0 spiro atoms. The highest BCUT2D eigenvalue weighted by molar-refractivity contribution is 9.10. The van der Waals surface area contributed by atoms with Crippen LogP contribution in [0.15, 0.2) is 41.0 Å². The second-order valence-electron chi connectivity index (χ2n) is 3.67. The quantitative estimate of drug-likeness (QED) is 0.836. The Morgan fingerprint density at radius 2 is 2.06 bits per heavy atom. The predicted octanol–water partition coefficient (Wildman–Crippen LogP) is 2.50. The summed E-state index contributed by atoms with van der Waals surface area (Å²) in [5.74, 6) is -0.122. The minimum atomic E-state index is -1.03. The second kappa shape index (κ2) is 5.17. The number of phenolic OH excluding ortho intramolecular Hbond substituents is 1. The Morgan fingerprint density at radius 3 is 2.67 bits per heavy atom. The molecular formula is C13H9BrN2O2. The van der Waals surface area contributed by atoms with Crippen LogP contribution < -0.4 is 0 Å². The Labute approximate surface area is 112 Å². The van der Waals surface area contributed by atoms with Crippen molar-refractivity contribution in [3.63, 3.8) is 0 Å². The minimum Gasteiger partial charge on any atom is -0.508 e. The number of nitriles is 1. The van der Waals surface area contributed by atoms with Gasteiger partial charge in [-0.05, 0) is 40.2 Å². The summed E-state index contributed by atoms with van der Waals surface area (Å²) in [5, 5.41) is 28.6. The van der Waals surface area contributed by atoms with Crippen LogP contribution in [0.1, 0.15) is 22.9 Å². The maximum Gasteiger partial charge on any atom is 0.125 e. The molecule has 1 atom stereocenters. The van der Waals surface area contributed by atoms with Gasteiger partial charge in [0.2, 0.25) is 0 Å². The molecule has 0 aliphatic carbocycles. The molecule has 1 aromatic heterocycles. The van der Waals surface area contributed by atoms with Crippen molar-refractivity contribution in [1.29, 1.82) is 5.26 Å². The fourth-order valence-electron chi connectivity index (χ4n) is 1.58. The van der Waals surface area contributed by atoms with Gasteiger partial charge in [-0.1, -0.05) is 12.1 Å². The third-order valence-electron chi connectivity index (χ3n) is 2.47. The number of rotatable bonds is 2. The van der Waals surface area contributed by atoms with Crippen LogP contribution in [0.2, 0.25) is 0 Å². The number of hydrogen-bond donors (Lipinski definition) is 2. The largest absolute Gasteiger partial charge is 0.508 e. The summed E-state index contributed by atoms with van der Waals surface area (Å²) in [4.78, 5) is 4.12. The first-order valence-corrected chi connectivity index (χ1v) is 5.94. The van der Waals surface area contributed by atoms with E-state index in [-0.39, 0.29) is 5.75 Å². The number of halogens is 1. The number of pyridine rings is 1. The summed E-state index contributed by atoms with van der Waals surface area (Å²) < 4.78 is 0.604. The molecule has 1 unspecified atom stereocenters. The average Bonchev–Trinajstić information content (AvgIpc) is 2.37. The highest BCUT2D eigenvalue weighted by Crippen LogP contribution is 2.29. The Hall–Kier alpha value is -1.90. The van der Waals surface area contributed by atoms with E-state index in [0.29, 0.717) is 21.4 Å². The molecule has 2 N–H and O–H groups in total. The zero-order chi connectivity index (χ0) is 13.1. The topological polar surface area (TPSA) is 77.1 Å². The molecule has 5 heteroatoms. The lowest BCUT2D eigenvalue weighted by Crippen LogP contribution is -2.03. The molecule has 2 rings (SSSR count). The molecule has 2 aromatic rings. The van der Waals surface area contributed by atoms with Gasteiger partial charge in [-0.25, -0.2) is 4.98 Å². The van der Waals surface area contributed by atoms with Gasteiger partial charge in [0.05, 0.1) is 17.3 Å². The number of nitrogens with zero attached hydrogens (tertiary/aromatic N) is 2. The van der Waals surface area contributed by atoms with Gasteiger partial charge in [0.25, 0.3) is 0 Å². The van der Waals surface area contributed by atoms with E-state index in [1.54, 1.807) is 18.2 Å². The van der Waals surface area contributed by atoms with Crippen LogP contribution in [-0.4, -0.2) is 15.2 Å². The van der Waals surface area contributed by atoms with Crippen LogP contribution >= 0.6 is 15.9 Å². The Morgan fingerprint density at radius 1 is 1.28 bits per heavy atom. The third kappa shape index (κ3) is 2.50. The van der Waals surface area contributed by atoms with E-state index >= 15 is 0 Å². The fraction of sp³-hybridized carbons (Fsp3) is 0.0769. The number of aliphatic hydroxyl groups excluding tert-OH is 1. The van der Waals surface area contributed by atoms with E-state index in [1.165, 1.54) is 18.2 Å². The minimum absolute atomic E-state index is 0.122. The van der Waals surface area contributed by atoms with Crippen molar-refractivity contribution < 1.29 is 10.2 Å². The molecule has 18 heavy (non-hydrogen) atoms. The molecule has 0 saturated heterocycles. The number of aromatic nitrogens is 1. The molecule has 0 fully saturated rings. The van der Waals surface area contributed by atoms with E-state index in [1.807, 2.05) is 6.07 Å². The van der Waals surface area contributed by atoms with Crippen molar-refractivity contribution in [2.75, 3.05) is 0 Å². The lowest BCUT2D eigenvalue weighted by atomic mass is 10.0. The van der Waals surface area contributed by atoms with E-state index in [0.717, 1.165) is 0 Å². The van der Waals surface area contributed by atoms with E-state index in [2.05, 4.69) is 20.9 Å². The highest BCUT2D eigenvalue weighted by Gasteiger charge is 2.16. The number of aromatic hydroxyl groups is 1. The van der Waals surface area contributed by atoms with Crippen LogP contribution in [0.25, 0.3) is 0 Å². The molecule has 0 amide bonds. The first-order chi connectivity index (χ1) is 8.61. The molecular weight excluding hydrogens is 296 g/mol. The Balaban J connectivity index is 2.40. The van der Waals surface area contributed by atoms with E-state index < -0.39 is 6.10 Å². The van der Waals surface area contributed by atoms with Crippen molar-refractivity contribution >= 4 is 15.9 Å². The van der Waals surface area contributed by atoms with Crippen LogP contribution in [0.3, 0.4) is 0 Å². The van der Waals surface area contributed by atoms with Gasteiger partial charge in [0, 0.05) is 5.56 Å². The predicted molar refractivity (Wildman–Crippen MR) is 68.8 cm³/mol. The maximum absolute atomic E-state index is 10.1. The summed E-state index contributed by atoms with van der Waals surface area (Å²) in [5.41, 5.74) is 1.08. The van der Waals surface area contributed by atoms with Crippen molar-refractivity contribution in [2.24, 2.45) is 0 Å². The average molecular weight is 305 g/mol. The van der Waals surface area contributed by atoms with Crippen LogP contribution in [0, 0.1) is 11.3 Å². The number of phenols is 1. The first kappa shape index (κ1) is 12.6. The summed E-state index contributed by atoms with van der Waals surface area (Å²) in [6.07, 6.45) is -1.03. The SMILES string of the molecule is N#Cc1ccc(C(O)c2cccc(Br)n2)c(O)c1. The maximum atomic E-state index is 10.1. The number of hydrogen-bond acceptors (Lipinski definition) is 4. The van der Waals surface area contributed by atoms with Gasteiger partial charge < -0.3 is 10.2 Å². The molecule has 90 valence electrons. The van der Waals surface area contributed by atoms with Gasteiger partial charge in [0.15, 0.2) is 0 Å². The zero-order valence-corrected chi connectivity index (χ0v) is 10.8. The molecule has 0 saturated carbocycles. The first-order valence-electron chi connectivity index (χ1n) is 5.15. The lowest BCUT2D eigenvalue weighted by molar-refractivity contribution is 0.210. The lowest BCUT2D eigenvalue weighted by Gasteiger charge is -2.12. The van der Waals surface area contributed by atoms with Crippen molar-refractivity contribution in [1.82, 2.24) is 4.98 Å². The summed E-state index contributed by atoms with van der Waals surface area (Å²) in [6, 6.07) is 11.4. The zero-order valence-electron chi connectivity index (χ0n) is 9.21. The number of aliphatic hydroxyl groups is 1. The monoisotopic (exact) mass is 304 g/mol. The third-order valence-corrected chi connectivity index (χ3v) is 2.91. The van der Waals surface area contributed by atoms with Crippen LogP contribution in [-0.2, 0) is 0 Å². The summed E-state index contributed by atoms with van der Waals surface area (Å²) in [7, 11) is 0. The van der Waals surface area contributed by atoms with Crippen molar-refractivity contribution in [3.05, 3.63) is 57.8 Å². The molecule has 0 radical (unpaired) electrons. The normalized spacial score (nSPS) is 11.8. The van der Waals surface area contributed by atoms with Gasteiger partial charge >= 0.3 is 0 Å². The number of benzene rings is 1. The van der Waals surface area contributed by atoms with Gasteiger partial charge in [-0.15, -0.1) is 0 Å². The van der Waals surface area contributed by atoms with Crippen LogP contribution in [0.4, 0.5) is 0 Å². The van der Waals surface area contributed by atoms with Crippen LogP contribution in [0.5, 0.6) is 5.75 Å². The fourth-order valence-corrected chi connectivity index (χ4v) is 1.94. The van der Waals surface area contributed by atoms with E-state index in [4.69, 9.17) is 5.26 Å². The Kier molecular flexibility index (Phi) is 3.60. The molecule has 0 aliphatic rings. The second-order valence-corrected chi connectivity index (χ2v) is 4.49. The molecule has 0 bridgehead atoms. The van der Waals surface area contributed by atoms with Gasteiger partial charge in [-0.2, -0.15) is 5.26 Å². The smallest absolute Gasteiger partial charge is 0.125 e.